The third-order valence-corrected chi connectivity index (χ3v) is 4.23. The Morgan fingerprint density at radius 3 is 2.62 bits per heavy atom. The Morgan fingerprint density at radius 1 is 1.19 bits per heavy atom. The van der Waals surface area contributed by atoms with Gasteiger partial charge >= 0.3 is 0 Å². The highest BCUT2D eigenvalue weighted by molar-refractivity contribution is 6.01. The molecule has 136 valence electrons. The molecule has 3 rings (SSSR count). The summed E-state index contributed by atoms with van der Waals surface area (Å²) in [5.41, 5.74) is 2.05. The monoisotopic (exact) mass is 358 g/mol. The van der Waals surface area contributed by atoms with Crippen molar-refractivity contribution in [2.75, 3.05) is 6.54 Å². The molecule has 0 bridgehead atoms. The zero-order valence-corrected chi connectivity index (χ0v) is 14.5. The number of nitrogens with zero attached hydrogens (tertiary/aromatic N) is 2. The molecule has 0 aliphatic carbocycles. The topological polar surface area (TPSA) is 41.9 Å². The van der Waals surface area contributed by atoms with Crippen molar-refractivity contribution in [1.82, 2.24) is 4.90 Å². The van der Waals surface area contributed by atoms with Crippen molar-refractivity contribution in [3.8, 4) is 0 Å². The third-order valence-electron chi connectivity index (χ3n) is 4.23. The molecule has 0 N–H and O–H groups in total. The highest BCUT2D eigenvalue weighted by atomic mass is 19.1. The number of rotatable bonds is 6. The van der Waals surface area contributed by atoms with E-state index in [1.807, 2.05) is 0 Å². The van der Waals surface area contributed by atoms with Crippen molar-refractivity contribution in [1.29, 1.82) is 0 Å². The molecule has 1 amide bonds. The first-order valence-electron chi connectivity index (χ1n) is 8.56. The molecule has 0 saturated heterocycles. The van der Waals surface area contributed by atoms with E-state index in [9.17, 15) is 13.6 Å². The van der Waals surface area contributed by atoms with E-state index in [4.69, 9.17) is 4.84 Å². The number of benzene rings is 2. The van der Waals surface area contributed by atoms with Gasteiger partial charge < -0.3 is 9.74 Å². The smallest absolute Gasteiger partial charge is 0.222 e. The van der Waals surface area contributed by atoms with Crippen molar-refractivity contribution in [2.45, 2.75) is 32.4 Å². The molecule has 0 radical (unpaired) electrons. The van der Waals surface area contributed by atoms with Crippen LogP contribution in [0.25, 0.3) is 0 Å². The fraction of sp³-hybridized carbons (Fsp3) is 0.300. The number of carbonyl (C=O) groups excluding carboxylic acids is 1. The largest absolute Gasteiger partial charge is 0.390 e. The Kier molecular flexibility index (Phi) is 5.61. The molecule has 2 aromatic rings. The summed E-state index contributed by atoms with van der Waals surface area (Å²) < 4.78 is 26.8. The van der Waals surface area contributed by atoms with Gasteiger partial charge in [-0.15, -0.1) is 0 Å². The van der Waals surface area contributed by atoms with E-state index < -0.39 is 0 Å². The van der Waals surface area contributed by atoms with Gasteiger partial charge in [0.2, 0.25) is 5.91 Å². The Balaban J connectivity index is 1.66. The van der Waals surface area contributed by atoms with Crippen LogP contribution >= 0.6 is 0 Å². The predicted octanol–water partition coefficient (Wildman–Crippen LogP) is 3.90. The third kappa shape index (κ3) is 4.45. The predicted molar refractivity (Wildman–Crippen MR) is 94.5 cm³/mol. The highest BCUT2D eigenvalue weighted by Crippen LogP contribution is 2.19. The molecule has 26 heavy (non-hydrogen) atoms. The minimum absolute atomic E-state index is 0.0444. The van der Waals surface area contributed by atoms with E-state index >= 15 is 0 Å². The van der Waals surface area contributed by atoms with Gasteiger partial charge in [-0.25, -0.2) is 8.78 Å². The average molecular weight is 358 g/mol. The number of amides is 1. The molecule has 0 spiro atoms. The van der Waals surface area contributed by atoms with Crippen LogP contribution in [0.5, 0.6) is 0 Å². The fourth-order valence-corrected chi connectivity index (χ4v) is 2.94. The number of hydrogen-bond acceptors (Lipinski definition) is 3. The van der Waals surface area contributed by atoms with Gasteiger partial charge in [0.05, 0.1) is 12.3 Å². The lowest BCUT2D eigenvalue weighted by atomic mass is 10.0. The number of oxime groups is 1. The van der Waals surface area contributed by atoms with Crippen LogP contribution in [-0.2, 0) is 16.2 Å². The molecule has 2 aromatic carbocycles. The first-order valence-corrected chi connectivity index (χ1v) is 8.56. The van der Waals surface area contributed by atoms with E-state index in [0.717, 1.165) is 5.56 Å². The van der Waals surface area contributed by atoms with Crippen LogP contribution in [0.2, 0.25) is 0 Å². The van der Waals surface area contributed by atoms with Crippen molar-refractivity contribution >= 4 is 11.6 Å². The van der Waals surface area contributed by atoms with Crippen molar-refractivity contribution in [2.24, 2.45) is 5.16 Å². The summed E-state index contributed by atoms with van der Waals surface area (Å²) in [5, 5.41) is 4.04. The zero-order valence-electron chi connectivity index (χ0n) is 14.5. The van der Waals surface area contributed by atoms with Gasteiger partial charge in [-0.05, 0) is 29.8 Å². The minimum atomic E-state index is -0.333. The summed E-state index contributed by atoms with van der Waals surface area (Å²) in [6, 6.07) is 12.4. The molecule has 1 aliphatic heterocycles. The summed E-state index contributed by atoms with van der Waals surface area (Å²) in [4.78, 5) is 19.4. The van der Waals surface area contributed by atoms with Crippen LogP contribution < -0.4 is 0 Å². The molecule has 1 unspecified atom stereocenters. The quantitative estimate of drug-likeness (QED) is 0.786. The summed E-state index contributed by atoms with van der Waals surface area (Å²) in [5.74, 6) is -0.708. The van der Waals surface area contributed by atoms with Crippen molar-refractivity contribution in [3.05, 3.63) is 71.3 Å². The molecule has 0 saturated carbocycles. The Labute approximate surface area is 151 Å². The molecule has 0 aromatic heterocycles. The first kappa shape index (κ1) is 18.0. The van der Waals surface area contributed by atoms with Crippen LogP contribution in [0, 0.1) is 11.6 Å². The lowest BCUT2D eigenvalue weighted by Crippen LogP contribution is -2.36. The van der Waals surface area contributed by atoms with Crippen LogP contribution in [0.3, 0.4) is 0 Å². The van der Waals surface area contributed by atoms with Crippen molar-refractivity contribution < 1.29 is 18.4 Å². The molecule has 1 aliphatic rings. The highest BCUT2D eigenvalue weighted by Gasteiger charge is 2.26. The summed E-state index contributed by atoms with van der Waals surface area (Å²) in [6.07, 6.45) is 0.525. The maximum atomic E-state index is 13.4. The summed E-state index contributed by atoms with van der Waals surface area (Å²) in [7, 11) is 0. The first-order chi connectivity index (χ1) is 12.5. The molecule has 6 heteroatoms. The van der Waals surface area contributed by atoms with Gasteiger partial charge in [0.15, 0.2) is 6.10 Å². The van der Waals surface area contributed by atoms with Gasteiger partial charge in [-0.1, -0.05) is 36.3 Å². The van der Waals surface area contributed by atoms with Gasteiger partial charge in [-0.2, -0.15) is 0 Å². The van der Waals surface area contributed by atoms with E-state index in [2.05, 4.69) is 5.16 Å². The SMILES string of the molecule is CCC(=O)N(Cc1cccc(F)c1)CC1CC(c2cccc(F)c2)=NO1. The maximum absolute atomic E-state index is 13.4. The number of halogens is 2. The lowest BCUT2D eigenvalue weighted by Gasteiger charge is -2.24. The second-order valence-corrected chi connectivity index (χ2v) is 6.24. The Bertz CT molecular complexity index is 823. The molecular formula is C20H20F2N2O2. The molecule has 1 heterocycles. The van der Waals surface area contributed by atoms with E-state index in [-0.39, 0.29) is 23.6 Å². The normalized spacial score (nSPS) is 16.1. The average Bonchev–Trinajstić information content (AvgIpc) is 3.09. The molecule has 0 fully saturated rings. The summed E-state index contributed by atoms with van der Waals surface area (Å²) in [6.45, 7) is 2.43. The maximum Gasteiger partial charge on any atom is 0.222 e. The lowest BCUT2D eigenvalue weighted by molar-refractivity contribution is -0.133. The zero-order chi connectivity index (χ0) is 18.5. The van der Waals surface area contributed by atoms with E-state index in [0.29, 0.717) is 37.2 Å². The summed E-state index contributed by atoms with van der Waals surface area (Å²) >= 11 is 0. The Hall–Kier alpha value is -2.76. The number of hydrogen-bond donors (Lipinski definition) is 0. The molecule has 4 nitrogen and oxygen atoms in total. The van der Waals surface area contributed by atoms with E-state index in [1.165, 1.54) is 24.3 Å². The fourth-order valence-electron chi connectivity index (χ4n) is 2.94. The second kappa shape index (κ2) is 8.08. The van der Waals surface area contributed by atoms with Crippen LogP contribution in [0.15, 0.2) is 53.7 Å². The van der Waals surface area contributed by atoms with Gasteiger partial charge in [-0.3, -0.25) is 4.79 Å². The van der Waals surface area contributed by atoms with Gasteiger partial charge in [0.1, 0.15) is 11.6 Å². The van der Waals surface area contributed by atoms with Gasteiger partial charge in [0, 0.05) is 24.9 Å². The van der Waals surface area contributed by atoms with Gasteiger partial charge in [0.25, 0.3) is 0 Å². The van der Waals surface area contributed by atoms with Crippen LogP contribution in [0.1, 0.15) is 30.9 Å². The van der Waals surface area contributed by atoms with E-state index in [1.54, 1.807) is 36.1 Å². The second-order valence-electron chi connectivity index (χ2n) is 6.24. The van der Waals surface area contributed by atoms with Crippen molar-refractivity contribution in [3.63, 3.8) is 0 Å². The van der Waals surface area contributed by atoms with Crippen LogP contribution in [-0.4, -0.2) is 29.2 Å². The number of carbonyl (C=O) groups is 1. The minimum Gasteiger partial charge on any atom is -0.390 e. The van der Waals surface area contributed by atoms with Crippen LogP contribution in [0.4, 0.5) is 8.78 Å². The standard InChI is InChI=1S/C20H20F2N2O2/c1-2-20(25)24(12-14-5-3-7-16(21)9-14)13-18-11-19(23-26-18)15-6-4-8-17(22)10-15/h3-10,18H,2,11-13H2,1H3. The molecule has 1 atom stereocenters. The molecular weight excluding hydrogens is 338 g/mol. The Morgan fingerprint density at radius 2 is 1.92 bits per heavy atom.